The highest BCUT2D eigenvalue weighted by Crippen LogP contribution is 2.35. The second-order valence-electron chi connectivity index (χ2n) is 9.89. The van der Waals surface area contributed by atoms with Crippen LogP contribution >= 0.6 is 0 Å². The Kier molecular flexibility index (Phi) is 5.25. The Morgan fingerprint density at radius 3 is 2.85 bits per heavy atom. The fourth-order valence-corrected chi connectivity index (χ4v) is 5.42. The van der Waals surface area contributed by atoms with Crippen molar-refractivity contribution < 1.29 is 14.3 Å². The number of nitrogens with one attached hydrogen (secondary N) is 1. The molecule has 0 aliphatic carbocycles. The van der Waals surface area contributed by atoms with Crippen LogP contribution in [0.5, 0.6) is 5.75 Å². The Bertz CT molecular complexity index is 1770. The average molecular weight is 524 g/mol. The van der Waals surface area contributed by atoms with E-state index < -0.39 is 0 Å². The van der Waals surface area contributed by atoms with E-state index in [0.717, 1.165) is 24.1 Å². The summed E-state index contributed by atoms with van der Waals surface area (Å²) in [5.74, 6) is 0.866. The molecule has 11 nitrogen and oxygen atoms in total. The van der Waals surface area contributed by atoms with Crippen molar-refractivity contribution in [1.82, 2.24) is 24.2 Å². The predicted molar refractivity (Wildman–Crippen MR) is 145 cm³/mol. The van der Waals surface area contributed by atoms with Crippen LogP contribution in [0.2, 0.25) is 0 Å². The van der Waals surface area contributed by atoms with E-state index in [1.54, 1.807) is 32.3 Å². The van der Waals surface area contributed by atoms with Crippen molar-refractivity contribution in [2.24, 2.45) is 0 Å². The molecule has 2 amide bonds. The topological polar surface area (TPSA) is 115 Å². The highest BCUT2D eigenvalue weighted by molar-refractivity contribution is 5.99. The maximum Gasteiger partial charge on any atom is 0.278 e. The number of ether oxygens (including phenoxy) is 1. The molecule has 39 heavy (non-hydrogen) atoms. The molecule has 0 saturated carbocycles. The summed E-state index contributed by atoms with van der Waals surface area (Å²) in [5, 5.41) is 3.60. The van der Waals surface area contributed by atoms with Crippen LogP contribution in [0.4, 0.5) is 17.3 Å². The third-order valence-corrected chi connectivity index (χ3v) is 7.35. The first-order valence-corrected chi connectivity index (χ1v) is 12.8. The molecule has 11 heteroatoms. The summed E-state index contributed by atoms with van der Waals surface area (Å²) in [4.78, 5) is 51.0. The van der Waals surface area contributed by atoms with Gasteiger partial charge in [0, 0.05) is 37.6 Å². The standard InChI is InChI=1S/C28H25N7O4/c1-32-15-17-12-18(6-8-20(17)26(32)37)30-28-29-14-21-25(31-28)35-19-7-9-23-22(13-19)33(24(36)16-39-23)10-4-2-3-5-11-34(35)27(21)38/h3,5-9,12-14H,2,4,10-11,15-16H2,1H3,(H,29,30,31). The molecule has 2 aromatic carbocycles. The maximum absolute atomic E-state index is 13.5. The summed E-state index contributed by atoms with van der Waals surface area (Å²) in [6.07, 6.45) is 7.11. The number of hydrogen-bond donors (Lipinski definition) is 1. The molecule has 5 heterocycles. The van der Waals surface area contributed by atoms with Crippen LogP contribution in [-0.2, 0) is 17.9 Å². The van der Waals surface area contributed by atoms with Crippen LogP contribution in [0.25, 0.3) is 16.7 Å². The highest BCUT2D eigenvalue weighted by Gasteiger charge is 2.27. The third-order valence-electron chi connectivity index (χ3n) is 7.35. The van der Waals surface area contributed by atoms with E-state index in [4.69, 9.17) is 9.72 Å². The zero-order valence-corrected chi connectivity index (χ0v) is 21.3. The van der Waals surface area contributed by atoms with Gasteiger partial charge in [-0.25, -0.2) is 14.3 Å². The lowest BCUT2D eigenvalue weighted by atomic mass is 10.1. The summed E-state index contributed by atoms with van der Waals surface area (Å²) in [7, 11) is 1.77. The van der Waals surface area contributed by atoms with E-state index in [0.29, 0.717) is 59.3 Å². The number of amides is 2. The van der Waals surface area contributed by atoms with Crippen LogP contribution in [-0.4, -0.2) is 56.2 Å². The van der Waals surface area contributed by atoms with Gasteiger partial charge in [-0.2, -0.15) is 4.98 Å². The van der Waals surface area contributed by atoms with Crippen LogP contribution in [0.15, 0.2) is 59.5 Å². The van der Waals surface area contributed by atoms with Crippen LogP contribution in [0.3, 0.4) is 0 Å². The largest absolute Gasteiger partial charge is 0.482 e. The van der Waals surface area contributed by atoms with Crippen molar-refractivity contribution in [3.05, 3.63) is 76.2 Å². The van der Waals surface area contributed by atoms with Gasteiger partial charge in [-0.05, 0) is 54.8 Å². The Morgan fingerprint density at radius 1 is 1.05 bits per heavy atom. The number of aromatic nitrogens is 4. The summed E-state index contributed by atoms with van der Waals surface area (Å²) in [5.41, 5.74) is 3.96. The SMILES string of the molecule is CN1Cc2cc(Nc3ncc4c(=O)n5n(c4n3)-c3ccc4c(c3)N(CCCC=CC5)C(=O)CO4)ccc2C1=O. The minimum Gasteiger partial charge on any atom is -0.482 e. The summed E-state index contributed by atoms with van der Waals surface area (Å²) in [6.45, 7) is 1.50. The van der Waals surface area contributed by atoms with E-state index >= 15 is 0 Å². The molecular weight excluding hydrogens is 498 g/mol. The molecule has 7 rings (SSSR count). The van der Waals surface area contributed by atoms with Crippen molar-refractivity contribution in [3.63, 3.8) is 0 Å². The third kappa shape index (κ3) is 3.77. The smallest absolute Gasteiger partial charge is 0.278 e. The van der Waals surface area contributed by atoms with Gasteiger partial charge in [0.05, 0.1) is 17.9 Å². The lowest BCUT2D eigenvalue weighted by molar-refractivity contribution is -0.121. The van der Waals surface area contributed by atoms with Gasteiger partial charge in [0.1, 0.15) is 11.1 Å². The number of allylic oxidation sites excluding steroid dienone is 2. The first-order valence-electron chi connectivity index (χ1n) is 12.8. The average Bonchev–Trinajstić information content (AvgIpc) is 3.37. The van der Waals surface area contributed by atoms with Gasteiger partial charge in [-0.15, -0.1) is 0 Å². The molecule has 4 aromatic rings. The zero-order valence-electron chi connectivity index (χ0n) is 21.3. The summed E-state index contributed by atoms with van der Waals surface area (Å²) in [6, 6.07) is 11.1. The molecule has 2 aromatic heterocycles. The first kappa shape index (κ1) is 23.2. The molecule has 1 N–H and O–H groups in total. The van der Waals surface area contributed by atoms with Gasteiger partial charge in [-0.3, -0.25) is 14.4 Å². The van der Waals surface area contributed by atoms with Crippen LogP contribution in [0, 0.1) is 0 Å². The van der Waals surface area contributed by atoms with Crippen molar-refractivity contribution in [2.75, 3.05) is 30.4 Å². The second-order valence-corrected chi connectivity index (χ2v) is 9.89. The molecule has 0 atom stereocenters. The minimum absolute atomic E-state index is 0.00371. The molecule has 0 unspecified atom stereocenters. The lowest BCUT2D eigenvalue weighted by Crippen LogP contribution is -2.39. The predicted octanol–water partition coefficient (Wildman–Crippen LogP) is 2.99. The Morgan fingerprint density at radius 2 is 1.95 bits per heavy atom. The number of carbonyl (C=O) groups excluding carboxylic acids is 2. The molecule has 196 valence electrons. The highest BCUT2D eigenvalue weighted by atomic mass is 16.5. The number of anilines is 3. The van der Waals surface area contributed by atoms with Gasteiger partial charge >= 0.3 is 0 Å². The van der Waals surface area contributed by atoms with Crippen molar-refractivity contribution in [1.29, 1.82) is 0 Å². The number of hydrogen-bond acceptors (Lipinski definition) is 7. The van der Waals surface area contributed by atoms with E-state index in [9.17, 15) is 14.4 Å². The van der Waals surface area contributed by atoms with Crippen molar-refractivity contribution in [2.45, 2.75) is 25.9 Å². The number of nitrogens with zero attached hydrogens (tertiary/aromatic N) is 6. The Labute approximate surface area is 222 Å². The molecule has 0 spiro atoms. The van der Waals surface area contributed by atoms with Crippen molar-refractivity contribution in [3.8, 4) is 11.4 Å². The lowest BCUT2D eigenvalue weighted by Gasteiger charge is -2.30. The molecule has 3 aliphatic rings. The molecule has 3 aliphatic heterocycles. The van der Waals surface area contributed by atoms with Gasteiger partial charge in [-0.1, -0.05) is 12.2 Å². The van der Waals surface area contributed by atoms with Gasteiger partial charge in [0.2, 0.25) is 5.95 Å². The number of fused-ring (bicyclic) bond motifs is 6. The molecule has 0 radical (unpaired) electrons. The second kappa shape index (κ2) is 8.83. The van der Waals surface area contributed by atoms with Crippen LogP contribution in [0.1, 0.15) is 28.8 Å². The van der Waals surface area contributed by atoms with Crippen molar-refractivity contribution >= 4 is 40.2 Å². The Hall–Kier alpha value is -4.93. The van der Waals surface area contributed by atoms with Gasteiger partial charge in [0.15, 0.2) is 12.3 Å². The first-order chi connectivity index (χ1) is 19.0. The Balaban J connectivity index is 1.35. The summed E-state index contributed by atoms with van der Waals surface area (Å²) >= 11 is 0. The van der Waals surface area contributed by atoms with E-state index in [1.807, 2.05) is 42.5 Å². The van der Waals surface area contributed by atoms with Crippen LogP contribution < -0.4 is 20.5 Å². The summed E-state index contributed by atoms with van der Waals surface area (Å²) < 4.78 is 9.08. The molecular formula is C28H25N7O4. The zero-order chi connectivity index (χ0) is 26.7. The van der Waals surface area contributed by atoms with E-state index in [-0.39, 0.29) is 24.0 Å². The molecule has 0 fully saturated rings. The number of carbonyl (C=O) groups is 2. The van der Waals surface area contributed by atoms with E-state index in [2.05, 4.69) is 10.3 Å². The normalized spacial score (nSPS) is 16.4. The van der Waals surface area contributed by atoms with Gasteiger partial charge < -0.3 is 19.9 Å². The fourth-order valence-electron chi connectivity index (χ4n) is 5.42. The minimum atomic E-state index is -0.209. The van der Waals surface area contributed by atoms with E-state index in [1.165, 1.54) is 6.20 Å². The number of benzene rings is 2. The quantitative estimate of drug-likeness (QED) is 0.402. The molecule has 2 bridgehead atoms. The molecule has 0 saturated heterocycles. The fraction of sp³-hybridized carbons (Fsp3) is 0.250. The monoisotopic (exact) mass is 523 g/mol. The maximum atomic E-state index is 13.5. The number of rotatable bonds is 2. The van der Waals surface area contributed by atoms with Gasteiger partial charge in [0.25, 0.3) is 17.4 Å².